The number of nitrogens with zero attached hydrogens (tertiary/aromatic N) is 6. The van der Waals surface area contributed by atoms with Gasteiger partial charge in [-0.1, -0.05) is 18.2 Å². The summed E-state index contributed by atoms with van der Waals surface area (Å²) in [6, 6.07) is 14.4. The van der Waals surface area contributed by atoms with E-state index in [1.54, 1.807) is 6.92 Å². The fourth-order valence-electron chi connectivity index (χ4n) is 3.71. The summed E-state index contributed by atoms with van der Waals surface area (Å²) in [5.41, 5.74) is 1.47. The van der Waals surface area contributed by atoms with Gasteiger partial charge in [-0.3, -0.25) is 29.5 Å². The number of aromatic nitrogens is 3. The molecule has 2 heterocycles. The Kier molecular flexibility index (Phi) is 6.81. The molecule has 180 valence electrons. The van der Waals surface area contributed by atoms with Crippen molar-refractivity contribution < 1.29 is 19.3 Å². The van der Waals surface area contributed by atoms with E-state index in [2.05, 4.69) is 15.5 Å². The molecule has 0 unspecified atom stereocenters. The van der Waals surface area contributed by atoms with E-state index < -0.39 is 16.7 Å². The van der Waals surface area contributed by atoms with Gasteiger partial charge in [0.25, 0.3) is 17.5 Å². The summed E-state index contributed by atoms with van der Waals surface area (Å²) in [6.07, 6.45) is 0.608. The first-order valence-electron chi connectivity index (χ1n) is 11.0. The van der Waals surface area contributed by atoms with Crippen molar-refractivity contribution in [3.8, 4) is 5.69 Å². The summed E-state index contributed by atoms with van der Waals surface area (Å²) in [6.45, 7) is 2.50. The first-order valence-corrected chi connectivity index (χ1v) is 11.0. The molecule has 0 aliphatic carbocycles. The number of non-ortho nitro benzene ring substituents is 1. The molecule has 12 nitrogen and oxygen atoms in total. The maximum atomic E-state index is 13.2. The lowest BCUT2D eigenvalue weighted by Gasteiger charge is -2.27. The zero-order chi connectivity index (χ0) is 24.9. The summed E-state index contributed by atoms with van der Waals surface area (Å²) in [7, 11) is 0. The van der Waals surface area contributed by atoms with Gasteiger partial charge in [0.1, 0.15) is 0 Å². The number of benzene rings is 2. The van der Waals surface area contributed by atoms with Gasteiger partial charge in [-0.2, -0.15) is 9.90 Å². The Hall–Kier alpha value is -4.61. The molecule has 1 aliphatic rings. The number of hydrogen-bond donors (Lipinski definition) is 1. The second kappa shape index (κ2) is 10.1. The van der Waals surface area contributed by atoms with E-state index in [-0.39, 0.29) is 35.8 Å². The smallest absolute Gasteiger partial charge is 0.294 e. The van der Waals surface area contributed by atoms with Crippen LogP contribution >= 0.6 is 0 Å². The molecule has 1 N–H and O–H groups in total. The molecule has 0 spiro atoms. The zero-order valence-corrected chi connectivity index (χ0v) is 19.0. The highest BCUT2D eigenvalue weighted by Gasteiger charge is 2.33. The highest BCUT2D eigenvalue weighted by molar-refractivity contribution is 5.96. The number of hydrazine groups is 1. The Balaban J connectivity index is 1.35. The molecule has 0 saturated carbocycles. The van der Waals surface area contributed by atoms with Crippen molar-refractivity contribution in [1.29, 1.82) is 0 Å². The number of carbonyl (C=O) groups is 3. The number of amides is 3. The molecule has 12 heteroatoms. The van der Waals surface area contributed by atoms with Crippen LogP contribution in [0.1, 0.15) is 39.4 Å². The first-order chi connectivity index (χ1) is 16.8. The normalized spacial score (nSPS) is 13.1. The number of aryl methyl sites for hydroxylation is 1. The summed E-state index contributed by atoms with van der Waals surface area (Å²) in [5, 5.41) is 24.8. The molecule has 4 rings (SSSR count). The van der Waals surface area contributed by atoms with Crippen LogP contribution in [0.25, 0.3) is 5.69 Å². The maximum Gasteiger partial charge on any atom is 0.294 e. The van der Waals surface area contributed by atoms with Crippen LogP contribution in [0.5, 0.6) is 0 Å². The third-order valence-corrected chi connectivity index (χ3v) is 5.49. The lowest BCUT2D eigenvalue weighted by Crippen LogP contribution is -2.46. The quantitative estimate of drug-likeness (QED) is 0.404. The molecule has 1 saturated heterocycles. The molecule has 0 radical (unpaired) electrons. The Bertz CT molecular complexity index is 1260. The van der Waals surface area contributed by atoms with Crippen molar-refractivity contribution in [3.63, 3.8) is 0 Å². The second-order valence-corrected chi connectivity index (χ2v) is 7.87. The predicted molar refractivity (Wildman–Crippen MR) is 124 cm³/mol. The minimum atomic E-state index is -0.548. The number of nitrogens with one attached hydrogen (secondary N) is 1. The molecule has 1 aromatic heterocycles. The van der Waals surface area contributed by atoms with Crippen molar-refractivity contribution in [3.05, 3.63) is 81.7 Å². The topological polar surface area (TPSA) is 144 Å². The lowest BCUT2D eigenvalue weighted by atomic mass is 10.2. The largest absolute Gasteiger partial charge is 0.352 e. The van der Waals surface area contributed by atoms with Gasteiger partial charge in [0.05, 0.1) is 16.3 Å². The molecular formula is C23H23N7O5. The number of rotatable bonds is 7. The van der Waals surface area contributed by atoms with E-state index in [0.717, 1.165) is 0 Å². The van der Waals surface area contributed by atoms with Crippen LogP contribution in [0.4, 0.5) is 5.69 Å². The van der Waals surface area contributed by atoms with Crippen LogP contribution in [0, 0.1) is 17.0 Å². The first kappa shape index (κ1) is 23.5. The van der Waals surface area contributed by atoms with Crippen LogP contribution in [0.3, 0.4) is 0 Å². The van der Waals surface area contributed by atoms with E-state index in [1.165, 1.54) is 39.1 Å². The van der Waals surface area contributed by atoms with Gasteiger partial charge < -0.3 is 5.32 Å². The third-order valence-electron chi connectivity index (χ3n) is 5.49. The van der Waals surface area contributed by atoms with Gasteiger partial charge in [-0.05, 0) is 37.6 Å². The minimum Gasteiger partial charge on any atom is -0.352 e. The fraction of sp³-hybridized carbons (Fsp3) is 0.261. The van der Waals surface area contributed by atoms with Gasteiger partial charge >= 0.3 is 0 Å². The van der Waals surface area contributed by atoms with E-state index in [1.807, 2.05) is 30.3 Å². The van der Waals surface area contributed by atoms with Gasteiger partial charge in [0.2, 0.25) is 5.91 Å². The van der Waals surface area contributed by atoms with Gasteiger partial charge in [-0.15, -0.1) is 5.10 Å². The standard InChI is InChI=1S/C23H23N7O5/c1-16-21(26-29(25-16)18-6-3-2-4-7-18)23(33)28-15-5-14-27(28)20(31)12-13-24-22(32)17-8-10-19(11-9-17)30(34)35/h2-4,6-11H,5,12-15H2,1H3,(H,24,32). The molecule has 1 aliphatic heterocycles. The Labute approximate surface area is 200 Å². The van der Waals surface area contributed by atoms with Crippen molar-refractivity contribution in [2.24, 2.45) is 0 Å². The van der Waals surface area contributed by atoms with E-state index >= 15 is 0 Å². The molecule has 0 atom stereocenters. The summed E-state index contributed by atoms with van der Waals surface area (Å²) in [5.74, 6) is -1.17. The van der Waals surface area contributed by atoms with Crippen LogP contribution in [0.2, 0.25) is 0 Å². The van der Waals surface area contributed by atoms with Gasteiger partial charge in [0, 0.05) is 43.8 Å². The van der Waals surface area contributed by atoms with Crippen LogP contribution in [-0.4, -0.2) is 67.3 Å². The number of nitro groups is 1. The SMILES string of the molecule is Cc1nn(-c2ccccc2)nc1C(=O)N1CCCN1C(=O)CCNC(=O)c1ccc([N+](=O)[O-])cc1. The molecule has 35 heavy (non-hydrogen) atoms. The lowest BCUT2D eigenvalue weighted by molar-refractivity contribution is -0.384. The second-order valence-electron chi connectivity index (χ2n) is 7.87. The van der Waals surface area contributed by atoms with Crippen molar-refractivity contribution in [1.82, 2.24) is 30.3 Å². The highest BCUT2D eigenvalue weighted by Crippen LogP contribution is 2.18. The monoisotopic (exact) mass is 477 g/mol. The highest BCUT2D eigenvalue weighted by atomic mass is 16.6. The van der Waals surface area contributed by atoms with Gasteiger partial charge in [-0.25, -0.2) is 5.01 Å². The predicted octanol–water partition coefficient (Wildman–Crippen LogP) is 1.89. The van der Waals surface area contributed by atoms with Crippen LogP contribution in [0.15, 0.2) is 54.6 Å². The number of nitro benzene ring substituents is 1. The Morgan fingerprint density at radius 3 is 2.37 bits per heavy atom. The fourth-order valence-corrected chi connectivity index (χ4v) is 3.71. The molecule has 3 amide bonds. The van der Waals surface area contributed by atoms with E-state index in [0.29, 0.717) is 30.9 Å². The molecule has 0 bridgehead atoms. The Morgan fingerprint density at radius 2 is 1.69 bits per heavy atom. The molecule has 2 aromatic carbocycles. The summed E-state index contributed by atoms with van der Waals surface area (Å²) < 4.78 is 0. The maximum absolute atomic E-state index is 13.2. The summed E-state index contributed by atoms with van der Waals surface area (Å²) in [4.78, 5) is 49.8. The van der Waals surface area contributed by atoms with Crippen molar-refractivity contribution in [2.45, 2.75) is 19.8 Å². The van der Waals surface area contributed by atoms with Crippen LogP contribution < -0.4 is 5.32 Å². The molecule has 3 aromatic rings. The number of para-hydroxylation sites is 1. The van der Waals surface area contributed by atoms with Crippen molar-refractivity contribution in [2.75, 3.05) is 19.6 Å². The number of hydrogen-bond acceptors (Lipinski definition) is 7. The molecule has 1 fully saturated rings. The number of carbonyl (C=O) groups excluding carboxylic acids is 3. The average Bonchev–Trinajstić information content (AvgIpc) is 3.51. The minimum absolute atomic E-state index is 0.0157. The average molecular weight is 477 g/mol. The molecular weight excluding hydrogens is 454 g/mol. The Morgan fingerprint density at radius 1 is 1.00 bits per heavy atom. The van der Waals surface area contributed by atoms with E-state index in [9.17, 15) is 24.5 Å². The summed E-state index contributed by atoms with van der Waals surface area (Å²) >= 11 is 0. The zero-order valence-electron chi connectivity index (χ0n) is 19.0. The van der Waals surface area contributed by atoms with E-state index in [4.69, 9.17) is 0 Å². The van der Waals surface area contributed by atoms with Gasteiger partial charge in [0.15, 0.2) is 5.69 Å². The van der Waals surface area contributed by atoms with Crippen LogP contribution in [-0.2, 0) is 4.79 Å². The van der Waals surface area contributed by atoms with Crippen molar-refractivity contribution >= 4 is 23.4 Å². The third kappa shape index (κ3) is 5.16.